The number of aromatic nitrogens is 4. The molecule has 0 atom stereocenters. The molecule has 3 aromatic rings. The minimum atomic E-state index is 0.607. The van der Waals surface area contributed by atoms with E-state index < -0.39 is 0 Å². The van der Waals surface area contributed by atoms with Crippen molar-refractivity contribution in [1.29, 1.82) is 0 Å². The molecule has 2 heterocycles. The van der Waals surface area contributed by atoms with Crippen LogP contribution in [0.5, 0.6) is 0 Å². The van der Waals surface area contributed by atoms with E-state index in [1.807, 2.05) is 24.3 Å². The van der Waals surface area contributed by atoms with Gasteiger partial charge in [0.25, 0.3) is 0 Å². The Morgan fingerprint density at radius 1 is 1.25 bits per heavy atom. The summed E-state index contributed by atoms with van der Waals surface area (Å²) < 4.78 is 0.631. The molecule has 78 valence electrons. The third-order valence-corrected chi connectivity index (χ3v) is 3.20. The van der Waals surface area contributed by atoms with E-state index in [0.29, 0.717) is 9.78 Å². The average Bonchev–Trinajstić information content (AvgIpc) is 2.75. The zero-order valence-corrected chi connectivity index (χ0v) is 9.68. The zero-order valence-electron chi connectivity index (χ0n) is 8.04. The summed E-state index contributed by atoms with van der Waals surface area (Å²) in [6, 6.07) is 7.84. The van der Waals surface area contributed by atoms with Gasteiger partial charge in [0.1, 0.15) is 0 Å². The van der Waals surface area contributed by atoms with Crippen molar-refractivity contribution in [3.05, 3.63) is 34.4 Å². The van der Waals surface area contributed by atoms with Crippen molar-refractivity contribution in [3.63, 3.8) is 0 Å². The Kier molecular flexibility index (Phi) is 2.23. The Morgan fingerprint density at radius 3 is 2.94 bits per heavy atom. The van der Waals surface area contributed by atoms with Crippen molar-refractivity contribution in [2.45, 2.75) is 0 Å². The van der Waals surface area contributed by atoms with Gasteiger partial charge in [-0.3, -0.25) is 5.10 Å². The Bertz CT molecular complexity index is 701. The molecule has 4 nitrogen and oxygen atoms in total. The lowest BCUT2D eigenvalue weighted by Crippen LogP contribution is -1.88. The maximum Gasteiger partial charge on any atom is 0.191 e. The largest absolute Gasteiger partial charge is 0.258 e. The summed E-state index contributed by atoms with van der Waals surface area (Å²) in [5.41, 5.74) is 0.911. The summed E-state index contributed by atoms with van der Waals surface area (Å²) in [6.45, 7) is 0. The van der Waals surface area contributed by atoms with Gasteiger partial charge in [-0.15, -0.1) is 0 Å². The van der Waals surface area contributed by atoms with Crippen LogP contribution < -0.4 is 0 Å². The number of para-hydroxylation sites is 1. The molecule has 3 rings (SSSR count). The highest BCUT2D eigenvalue weighted by Gasteiger charge is 2.06. The highest BCUT2D eigenvalue weighted by Crippen LogP contribution is 2.19. The van der Waals surface area contributed by atoms with Gasteiger partial charge in [0.05, 0.1) is 5.52 Å². The van der Waals surface area contributed by atoms with Crippen LogP contribution in [0.15, 0.2) is 30.5 Å². The Morgan fingerprint density at radius 2 is 2.12 bits per heavy atom. The first-order valence-corrected chi connectivity index (χ1v) is 5.83. The molecule has 1 N–H and O–H groups in total. The van der Waals surface area contributed by atoms with Crippen molar-refractivity contribution in [2.75, 3.05) is 0 Å². The number of H-pyrrole nitrogens is 1. The van der Waals surface area contributed by atoms with Crippen molar-refractivity contribution in [3.8, 4) is 10.8 Å². The fourth-order valence-corrected chi connectivity index (χ4v) is 2.23. The second-order valence-corrected chi connectivity index (χ2v) is 4.84. The van der Waals surface area contributed by atoms with Crippen LogP contribution in [0.4, 0.5) is 0 Å². The fourth-order valence-electron chi connectivity index (χ4n) is 1.40. The SMILES string of the molecule is S=c1[nH]nc(-c2ncc3ccccc3n2)s1. The van der Waals surface area contributed by atoms with E-state index in [1.54, 1.807) is 6.20 Å². The first-order valence-electron chi connectivity index (χ1n) is 4.60. The Hall–Kier alpha value is -1.66. The lowest BCUT2D eigenvalue weighted by molar-refractivity contribution is 1.06. The molecule has 0 saturated heterocycles. The van der Waals surface area contributed by atoms with Gasteiger partial charge in [-0.2, -0.15) is 5.10 Å². The second-order valence-electron chi connectivity index (χ2n) is 3.17. The highest BCUT2D eigenvalue weighted by molar-refractivity contribution is 7.73. The molecule has 0 saturated carbocycles. The normalized spacial score (nSPS) is 10.8. The van der Waals surface area contributed by atoms with Crippen molar-refractivity contribution < 1.29 is 0 Å². The number of nitrogens with one attached hydrogen (secondary N) is 1. The van der Waals surface area contributed by atoms with E-state index in [1.165, 1.54) is 11.3 Å². The van der Waals surface area contributed by atoms with Gasteiger partial charge in [-0.05, 0) is 18.3 Å². The standard InChI is InChI=1S/C10H6N4S2/c15-10-14-13-9(16-10)8-11-5-6-3-1-2-4-7(6)12-8/h1-5H,(H,14,15). The first kappa shape index (κ1) is 9.56. The lowest BCUT2D eigenvalue weighted by Gasteiger charge is -1.97. The van der Waals surface area contributed by atoms with Gasteiger partial charge in [-0.1, -0.05) is 29.5 Å². The summed E-state index contributed by atoms with van der Waals surface area (Å²) >= 11 is 6.35. The number of aromatic amines is 1. The Balaban J connectivity index is 2.22. The van der Waals surface area contributed by atoms with E-state index in [-0.39, 0.29) is 0 Å². The number of benzene rings is 1. The Labute approximate surface area is 100 Å². The minimum absolute atomic E-state index is 0.607. The van der Waals surface area contributed by atoms with E-state index in [0.717, 1.165) is 15.9 Å². The molecule has 6 heteroatoms. The molecule has 0 aliphatic heterocycles. The van der Waals surface area contributed by atoms with Gasteiger partial charge in [0, 0.05) is 11.6 Å². The smallest absolute Gasteiger partial charge is 0.191 e. The average molecular weight is 246 g/mol. The van der Waals surface area contributed by atoms with Gasteiger partial charge < -0.3 is 0 Å². The third kappa shape index (κ3) is 1.62. The maximum absolute atomic E-state index is 4.97. The first-order chi connectivity index (χ1) is 7.83. The summed E-state index contributed by atoms with van der Waals surface area (Å²) in [5.74, 6) is 0.607. The van der Waals surface area contributed by atoms with Crippen molar-refractivity contribution >= 4 is 34.5 Å². The molecular formula is C10H6N4S2. The zero-order chi connectivity index (χ0) is 11.0. The third-order valence-electron chi connectivity index (χ3n) is 2.12. The summed E-state index contributed by atoms with van der Waals surface area (Å²) in [6.07, 6.45) is 1.79. The predicted octanol–water partition coefficient (Wildman–Crippen LogP) is 2.81. The summed E-state index contributed by atoms with van der Waals surface area (Å²) in [5, 5.41) is 8.51. The van der Waals surface area contributed by atoms with Crippen LogP contribution in [0, 0.1) is 3.95 Å². The van der Waals surface area contributed by atoms with E-state index in [9.17, 15) is 0 Å². The molecule has 0 aliphatic rings. The molecule has 0 amide bonds. The highest BCUT2D eigenvalue weighted by atomic mass is 32.1. The molecule has 0 fully saturated rings. The van der Waals surface area contributed by atoms with Crippen LogP contribution in [0.3, 0.4) is 0 Å². The van der Waals surface area contributed by atoms with Gasteiger partial charge >= 0.3 is 0 Å². The molecule has 0 radical (unpaired) electrons. The number of rotatable bonds is 1. The fraction of sp³-hybridized carbons (Fsp3) is 0. The van der Waals surface area contributed by atoms with Crippen molar-refractivity contribution in [1.82, 2.24) is 20.2 Å². The molecule has 2 aromatic heterocycles. The van der Waals surface area contributed by atoms with Crippen LogP contribution in [0.2, 0.25) is 0 Å². The van der Waals surface area contributed by atoms with Crippen LogP contribution in [0.25, 0.3) is 21.7 Å². The summed E-state index contributed by atoms with van der Waals surface area (Å²) in [4.78, 5) is 8.69. The van der Waals surface area contributed by atoms with Crippen LogP contribution >= 0.6 is 23.6 Å². The molecule has 0 bridgehead atoms. The van der Waals surface area contributed by atoms with Crippen LogP contribution in [-0.2, 0) is 0 Å². The molecule has 0 spiro atoms. The monoisotopic (exact) mass is 246 g/mol. The van der Waals surface area contributed by atoms with Gasteiger partial charge in [0.2, 0.25) is 0 Å². The maximum atomic E-state index is 4.97. The van der Waals surface area contributed by atoms with Crippen molar-refractivity contribution in [2.24, 2.45) is 0 Å². The number of nitrogens with zero attached hydrogens (tertiary/aromatic N) is 3. The molecule has 0 aliphatic carbocycles. The minimum Gasteiger partial charge on any atom is -0.258 e. The molecule has 16 heavy (non-hydrogen) atoms. The second kappa shape index (κ2) is 3.73. The number of hydrogen-bond acceptors (Lipinski definition) is 5. The van der Waals surface area contributed by atoms with E-state index >= 15 is 0 Å². The summed E-state index contributed by atoms with van der Waals surface area (Å²) in [7, 11) is 0. The predicted molar refractivity (Wildman–Crippen MR) is 65.8 cm³/mol. The van der Waals surface area contributed by atoms with E-state index in [2.05, 4.69) is 20.2 Å². The van der Waals surface area contributed by atoms with E-state index in [4.69, 9.17) is 12.2 Å². The topological polar surface area (TPSA) is 54.5 Å². The van der Waals surface area contributed by atoms with Crippen LogP contribution in [-0.4, -0.2) is 20.2 Å². The van der Waals surface area contributed by atoms with Gasteiger partial charge in [0.15, 0.2) is 14.8 Å². The van der Waals surface area contributed by atoms with Gasteiger partial charge in [-0.25, -0.2) is 9.97 Å². The van der Waals surface area contributed by atoms with Crippen LogP contribution in [0.1, 0.15) is 0 Å². The number of hydrogen-bond donors (Lipinski definition) is 1. The number of fused-ring (bicyclic) bond motifs is 1. The molecular weight excluding hydrogens is 240 g/mol. The quantitative estimate of drug-likeness (QED) is 0.671. The molecule has 1 aromatic carbocycles. The molecule has 0 unspecified atom stereocenters. The lowest BCUT2D eigenvalue weighted by atomic mass is 10.2.